The van der Waals surface area contributed by atoms with Crippen LogP contribution in [0.15, 0.2) is 47.4 Å². The Labute approximate surface area is 194 Å². The smallest absolute Gasteiger partial charge is 0.246 e. The van der Waals surface area contributed by atoms with Gasteiger partial charge in [0.25, 0.3) is 0 Å². The lowest BCUT2D eigenvalue weighted by Crippen LogP contribution is -2.32. The zero-order valence-electron chi connectivity index (χ0n) is 19.2. The molecule has 9 nitrogen and oxygen atoms in total. The van der Waals surface area contributed by atoms with E-state index in [1.165, 1.54) is 12.1 Å². The third kappa shape index (κ3) is 6.02. The summed E-state index contributed by atoms with van der Waals surface area (Å²) in [5.74, 6) is 0.348. The first-order chi connectivity index (χ1) is 15.6. The summed E-state index contributed by atoms with van der Waals surface area (Å²) in [6.07, 6.45) is 1.30. The molecule has 0 spiro atoms. The highest BCUT2D eigenvalue weighted by Crippen LogP contribution is 2.34. The summed E-state index contributed by atoms with van der Waals surface area (Å²) in [5.41, 5.74) is 1.83. The maximum Gasteiger partial charge on any atom is 0.246 e. The maximum absolute atomic E-state index is 12.7. The minimum absolute atomic E-state index is 0.0466. The highest BCUT2D eigenvalue weighted by Gasteiger charge is 2.25. The largest absolute Gasteiger partial charge is 0.495 e. The first-order valence-electron chi connectivity index (χ1n) is 10.8. The van der Waals surface area contributed by atoms with E-state index in [1.807, 2.05) is 0 Å². The van der Waals surface area contributed by atoms with Crippen LogP contribution in [0.5, 0.6) is 5.75 Å². The van der Waals surface area contributed by atoms with E-state index < -0.39 is 16.1 Å². The van der Waals surface area contributed by atoms with Crippen molar-refractivity contribution in [2.75, 3.05) is 29.2 Å². The standard InChI is InChI=1S/C23H30N4O5S/c1-15(2)26-33(30,31)19-10-7-17(8-11-19)25-23(29)16(3)24-18-9-12-21(32-4)20(14-18)27-13-5-6-22(27)28/h7-12,14-16,24,26H,5-6,13H2,1-4H3,(H,25,29). The summed E-state index contributed by atoms with van der Waals surface area (Å²) < 4.78 is 32.4. The van der Waals surface area contributed by atoms with Crippen molar-refractivity contribution in [3.63, 3.8) is 0 Å². The van der Waals surface area contributed by atoms with Gasteiger partial charge >= 0.3 is 0 Å². The molecule has 178 valence electrons. The molecule has 0 aliphatic carbocycles. The number of methoxy groups -OCH3 is 1. The van der Waals surface area contributed by atoms with Gasteiger partial charge in [-0.05, 0) is 69.7 Å². The van der Waals surface area contributed by atoms with Gasteiger partial charge < -0.3 is 20.3 Å². The zero-order chi connectivity index (χ0) is 24.2. The molecule has 1 unspecified atom stereocenters. The average Bonchev–Trinajstić information content (AvgIpc) is 3.18. The number of carbonyl (C=O) groups excluding carboxylic acids is 2. The summed E-state index contributed by atoms with van der Waals surface area (Å²) in [5, 5.41) is 5.91. The minimum atomic E-state index is -3.60. The van der Waals surface area contributed by atoms with E-state index in [0.29, 0.717) is 35.8 Å². The molecular weight excluding hydrogens is 444 g/mol. The van der Waals surface area contributed by atoms with E-state index in [9.17, 15) is 18.0 Å². The van der Waals surface area contributed by atoms with Crippen LogP contribution >= 0.6 is 0 Å². The van der Waals surface area contributed by atoms with Gasteiger partial charge in [0.2, 0.25) is 21.8 Å². The number of nitrogens with zero attached hydrogens (tertiary/aromatic N) is 1. The Balaban J connectivity index is 1.67. The monoisotopic (exact) mass is 474 g/mol. The van der Waals surface area contributed by atoms with Crippen molar-refractivity contribution in [1.29, 1.82) is 0 Å². The molecule has 1 saturated heterocycles. The third-order valence-electron chi connectivity index (χ3n) is 5.14. The van der Waals surface area contributed by atoms with Crippen LogP contribution in [0.3, 0.4) is 0 Å². The SMILES string of the molecule is COc1ccc(NC(C)C(=O)Nc2ccc(S(=O)(=O)NC(C)C)cc2)cc1N1CCCC1=O. The number of ether oxygens (including phenoxy) is 1. The van der Waals surface area contributed by atoms with E-state index in [1.54, 1.807) is 63.1 Å². The molecule has 1 atom stereocenters. The van der Waals surface area contributed by atoms with Crippen LogP contribution in [-0.2, 0) is 19.6 Å². The molecule has 3 rings (SSSR count). The number of carbonyl (C=O) groups is 2. The van der Waals surface area contributed by atoms with E-state index in [2.05, 4.69) is 15.4 Å². The number of sulfonamides is 1. The minimum Gasteiger partial charge on any atom is -0.495 e. The molecule has 10 heteroatoms. The van der Waals surface area contributed by atoms with Crippen molar-refractivity contribution >= 4 is 38.9 Å². The molecule has 33 heavy (non-hydrogen) atoms. The first-order valence-corrected chi connectivity index (χ1v) is 12.3. The van der Waals surface area contributed by atoms with Gasteiger partial charge in [-0.25, -0.2) is 13.1 Å². The summed E-state index contributed by atoms with van der Waals surface area (Å²) in [7, 11) is -2.04. The molecule has 1 aliphatic heterocycles. The maximum atomic E-state index is 12.7. The molecular formula is C23H30N4O5S. The van der Waals surface area contributed by atoms with Crippen molar-refractivity contribution in [2.24, 2.45) is 0 Å². The lowest BCUT2D eigenvalue weighted by atomic mass is 10.2. The molecule has 0 radical (unpaired) electrons. The molecule has 3 N–H and O–H groups in total. The van der Waals surface area contributed by atoms with Gasteiger partial charge in [0.05, 0.1) is 17.7 Å². The van der Waals surface area contributed by atoms with Crippen molar-refractivity contribution in [3.8, 4) is 5.75 Å². The fourth-order valence-corrected chi connectivity index (χ4v) is 4.81. The van der Waals surface area contributed by atoms with Gasteiger partial charge in [-0.15, -0.1) is 0 Å². The Morgan fingerprint density at radius 3 is 2.30 bits per heavy atom. The van der Waals surface area contributed by atoms with Gasteiger partial charge in [-0.3, -0.25) is 9.59 Å². The van der Waals surface area contributed by atoms with Crippen LogP contribution in [0, 0.1) is 0 Å². The van der Waals surface area contributed by atoms with Crippen LogP contribution in [0.4, 0.5) is 17.1 Å². The van der Waals surface area contributed by atoms with Crippen molar-refractivity contribution in [2.45, 2.75) is 50.6 Å². The van der Waals surface area contributed by atoms with Crippen molar-refractivity contribution in [3.05, 3.63) is 42.5 Å². The van der Waals surface area contributed by atoms with E-state index in [-0.39, 0.29) is 22.8 Å². The number of rotatable bonds is 9. The Bertz CT molecular complexity index is 1120. The fraction of sp³-hybridized carbons (Fsp3) is 0.391. The molecule has 2 aromatic carbocycles. The fourth-order valence-electron chi connectivity index (χ4n) is 3.56. The van der Waals surface area contributed by atoms with E-state index in [0.717, 1.165) is 6.42 Å². The van der Waals surface area contributed by atoms with Crippen molar-refractivity contribution < 1.29 is 22.7 Å². The molecule has 1 heterocycles. The van der Waals surface area contributed by atoms with Crippen molar-refractivity contribution in [1.82, 2.24) is 4.72 Å². The van der Waals surface area contributed by atoms with Gasteiger partial charge in [-0.2, -0.15) is 0 Å². The predicted octanol–water partition coefficient (Wildman–Crippen LogP) is 2.95. The lowest BCUT2D eigenvalue weighted by molar-refractivity contribution is -0.117. The second-order valence-electron chi connectivity index (χ2n) is 8.19. The van der Waals surface area contributed by atoms with E-state index >= 15 is 0 Å². The number of hydrogen-bond donors (Lipinski definition) is 3. The summed E-state index contributed by atoms with van der Waals surface area (Å²) in [6, 6.07) is 10.5. The molecule has 0 aromatic heterocycles. The van der Waals surface area contributed by atoms with Crippen LogP contribution in [0.25, 0.3) is 0 Å². The second-order valence-corrected chi connectivity index (χ2v) is 9.91. The summed E-state index contributed by atoms with van der Waals surface area (Å²) in [4.78, 5) is 26.7. The van der Waals surface area contributed by atoms with Crippen LogP contribution in [0.2, 0.25) is 0 Å². The Morgan fingerprint density at radius 1 is 1.06 bits per heavy atom. The first kappa shape index (κ1) is 24.5. The van der Waals surface area contributed by atoms with Crippen LogP contribution in [0.1, 0.15) is 33.6 Å². The van der Waals surface area contributed by atoms with Gasteiger partial charge in [0, 0.05) is 30.4 Å². The lowest BCUT2D eigenvalue weighted by Gasteiger charge is -2.21. The van der Waals surface area contributed by atoms with Gasteiger partial charge in [0.1, 0.15) is 11.8 Å². The molecule has 2 aromatic rings. The van der Waals surface area contributed by atoms with E-state index in [4.69, 9.17) is 4.74 Å². The number of benzene rings is 2. The molecule has 0 saturated carbocycles. The molecule has 2 amide bonds. The predicted molar refractivity (Wildman–Crippen MR) is 128 cm³/mol. The van der Waals surface area contributed by atoms with Gasteiger partial charge in [-0.1, -0.05) is 0 Å². The number of nitrogens with one attached hydrogen (secondary N) is 3. The highest BCUT2D eigenvalue weighted by atomic mass is 32.2. The quantitative estimate of drug-likeness (QED) is 0.515. The molecule has 1 fully saturated rings. The zero-order valence-corrected chi connectivity index (χ0v) is 20.0. The normalized spacial score (nSPS) is 14.9. The topological polar surface area (TPSA) is 117 Å². The molecule has 0 bridgehead atoms. The highest BCUT2D eigenvalue weighted by molar-refractivity contribution is 7.89. The average molecular weight is 475 g/mol. The summed E-state index contributed by atoms with van der Waals surface area (Å²) in [6.45, 7) is 5.84. The Morgan fingerprint density at radius 2 is 1.73 bits per heavy atom. The summed E-state index contributed by atoms with van der Waals surface area (Å²) >= 11 is 0. The van der Waals surface area contributed by atoms with Gasteiger partial charge in [0.15, 0.2) is 0 Å². The molecule has 1 aliphatic rings. The van der Waals surface area contributed by atoms with Crippen LogP contribution < -0.4 is 25.0 Å². The number of amides is 2. The Kier molecular flexibility index (Phi) is 7.60. The third-order valence-corrected chi connectivity index (χ3v) is 6.82. The second kappa shape index (κ2) is 10.2. The number of anilines is 3. The van der Waals surface area contributed by atoms with Crippen LogP contribution in [-0.4, -0.2) is 46.0 Å². The number of hydrogen-bond acceptors (Lipinski definition) is 6. The Hall–Kier alpha value is -3.11.